The Balaban J connectivity index is 2.84. The largest absolute Gasteiger partial charge is 0.504 e. The van der Waals surface area contributed by atoms with Gasteiger partial charge in [-0.15, -0.1) is 0 Å². The minimum absolute atomic E-state index is 0.114. The first kappa shape index (κ1) is 15.4. The van der Waals surface area contributed by atoms with Crippen molar-refractivity contribution in [2.45, 2.75) is 5.16 Å². The van der Waals surface area contributed by atoms with E-state index in [0.717, 1.165) is 0 Å². The molecule has 0 fully saturated rings. The summed E-state index contributed by atoms with van der Waals surface area (Å²) in [5.41, 5.74) is -0.352. The zero-order valence-electron chi connectivity index (χ0n) is 11.1. The van der Waals surface area contributed by atoms with E-state index in [1.807, 2.05) is 6.07 Å². The van der Waals surface area contributed by atoms with Crippen LogP contribution in [0.3, 0.4) is 0 Å². The summed E-state index contributed by atoms with van der Waals surface area (Å²) in [5, 5.41) is 19.8. The Morgan fingerprint density at radius 2 is 2.24 bits per heavy atom. The van der Waals surface area contributed by atoms with Gasteiger partial charge in [0, 0.05) is 10.0 Å². The SMILES string of the molecule is COc1cc(Br)cc(-c2nc(SC)[nH]c(=O)c2C#N)c1O. The summed E-state index contributed by atoms with van der Waals surface area (Å²) in [4.78, 5) is 18.6. The maximum absolute atomic E-state index is 11.9. The van der Waals surface area contributed by atoms with E-state index in [9.17, 15) is 9.90 Å². The molecule has 0 aliphatic heterocycles. The Morgan fingerprint density at radius 3 is 2.81 bits per heavy atom. The van der Waals surface area contributed by atoms with Crippen LogP contribution < -0.4 is 10.3 Å². The first-order valence-corrected chi connectivity index (χ1v) is 7.68. The van der Waals surface area contributed by atoms with Gasteiger partial charge in [0.25, 0.3) is 5.56 Å². The van der Waals surface area contributed by atoms with Gasteiger partial charge in [0.15, 0.2) is 16.7 Å². The van der Waals surface area contributed by atoms with Crippen LogP contribution in [0.4, 0.5) is 0 Å². The van der Waals surface area contributed by atoms with E-state index in [1.54, 1.807) is 18.4 Å². The molecule has 0 spiro atoms. The number of methoxy groups -OCH3 is 1. The van der Waals surface area contributed by atoms with Crippen LogP contribution in [-0.2, 0) is 0 Å². The van der Waals surface area contributed by atoms with Gasteiger partial charge >= 0.3 is 0 Å². The number of ether oxygens (including phenoxy) is 1. The van der Waals surface area contributed by atoms with Crippen molar-refractivity contribution in [1.29, 1.82) is 5.26 Å². The molecule has 1 heterocycles. The van der Waals surface area contributed by atoms with Crippen LogP contribution in [0.2, 0.25) is 0 Å². The topological polar surface area (TPSA) is 99.0 Å². The Bertz CT molecular complexity index is 798. The van der Waals surface area contributed by atoms with Crippen molar-refractivity contribution in [2.75, 3.05) is 13.4 Å². The quantitative estimate of drug-likeness (QED) is 0.638. The third-order valence-corrected chi connectivity index (χ3v) is 3.76. The number of thioether (sulfide) groups is 1. The number of rotatable bonds is 3. The van der Waals surface area contributed by atoms with Crippen LogP contribution in [0.15, 0.2) is 26.6 Å². The van der Waals surface area contributed by atoms with Gasteiger partial charge in [-0.25, -0.2) is 4.98 Å². The molecule has 0 radical (unpaired) electrons. The molecule has 0 bridgehead atoms. The highest BCUT2D eigenvalue weighted by atomic mass is 79.9. The number of hydrogen-bond donors (Lipinski definition) is 2. The van der Waals surface area contributed by atoms with Gasteiger partial charge in [-0.2, -0.15) is 5.26 Å². The van der Waals surface area contributed by atoms with Crippen molar-refractivity contribution in [1.82, 2.24) is 9.97 Å². The molecule has 108 valence electrons. The highest BCUT2D eigenvalue weighted by molar-refractivity contribution is 9.10. The number of H-pyrrole nitrogens is 1. The van der Waals surface area contributed by atoms with Gasteiger partial charge < -0.3 is 14.8 Å². The molecule has 0 saturated heterocycles. The molecule has 2 rings (SSSR count). The molecule has 21 heavy (non-hydrogen) atoms. The Kier molecular flexibility index (Phi) is 4.55. The summed E-state index contributed by atoms with van der Waals surface area (Å²) in [6.07, 6.45) is 1.75. The second kappa shape index (κ2) is 6.20. The van der Waals surface area contributed by atoms with E-state index < -0.39 is 5.56 Å². The number of hydrogen-bond acceptors (Lipinski definition) is 6. The maximum Gasteiger partial charge on any atom is 0.270 e. The molecule has 1 aromatic carbocycles. The molecule has 6 nitrogen and oxygen atoms in total. The molecule has 0 unspecified atom stereocenters. The highest BCUT2D eigenvalue weighted by Gasteiger charge is 2.19. The third-order valence-electron chi connectivity index (χ3n) is 2.72. The lowest BCUT2D eigenvalue weighted by Crippen LogP contribution is -2.14. The van der Waals surface area contributed by atoms with E-state index in [-0.39, 0.29) is 28.3 Å². The Hall–Kier alpha value is -1.98. The van der Waals surface area contributed by atoms with Crippen LogP contribution in [0.25, 0.3) is 11.3 Å². The van der Waals surface area contributed by atoms with Crippen LogP contribution >= 0.6 is 27.7 Å². The number of benzene rings is 1. The fraction of sp³-hybridized carbons (Fsp3) is 0.154. The summed E-state index contributed by atoms with van der Waals surface area (Å²) in [7, 11) is 1.41. The normalized spacial score (nSPS) is 10.2. The van der Waals surface area contributed by atoms with Crippen LogP contribution in [-0.4, -0.2) is 28.4 Å². The van der Waals surface area contributed by atoms with E-state index >= 15 is 0 Å². The monoisotopic (exact) mass is 367 g/mol. The number of nitrogens with one attached hydrogen (secondary N) is 1. The Labute approximate surface area is 132 Å². The molecule has 2 N–H and O–H groups in total. The number of aromatic hydroxyl groups is 1. The number of aromatic amines is 1. The van der Waals surface area contributed by atoms with Crippen molar-refractivity contribution in [3.8, 4) is 28.8 Å². The molecule has 1 aromatic heterocycles. The summed E-state index contributed by atoms with van der Waals surface area (Å²) < 4.78 is 5.69. The van der Waals surface area contributed by atoms with Gasteiger partial charge in [-0.3, -0.25) is 4.79 Å². The van der Waals surface area contributed by atoms with Gasteiger partial charge in [0.1, 0.15) is 17.3 Å². The molecule has 0 saturated carbocycles. The predicted octanol–water partition coefficient (Wildman–Crippen LogP) is 2.51. The van der Waals surface area contributed by atoms with Crippen LogP contribution in [0.1, 0.15) is 5.56 Å². The van der Waals surface area contributed by atoms with Crippen molar-refractivity contribution in [2.24, 2.45) is 0 Å². The minimum atomic E-state index is -0.551. The summed E-state index contributed by atoms with van der Waals surface area (Å²) >= 11 is 4.52. The van der Waals surface area contributed by atoms with Crippen molar-refractivity contribution in [3.63, 3.8) is 0 Å². The molecule has 0 atom stereocenters. The smallest absolute Gasteiger partial charge is 0.270 e. The van der Waals surface area contributed by atoms with Crippen molar-refractivity contribution in [3.05, 3.63) is 32.5 Å². The predicted molar refractivity (Wildman–Crippen MR) is 82.7 cm³/mol. The lowest BCUT2D eigenvalue weighted by atomic mass is 10.1. The Morgan fingerprint density at radius 1 is 1.52 bits per heavy atom. The number of aromatic nitrogens is 2. The number of nitrogens with zero attached hydrogens (tertiary/aromatic N) is 2. The van der Waals surface area contributed by atoms with Gasteiger partial charge in [-0.1, -0.05) is 27.7 Å². The zero-order chi connectivity index (χ0) is 15.6. The van der Waals surface area contributed by atoms with E-state index in [4.69, 9.17) is 10.00 Å². The van der Waals surface area contributed by atoms with E-state index in [0.29, 0.717) is 9.63 Å². The second-order valence-corrected chi connectivity index (χ2v) is 5.63. The second-order valence-electron chi connectivity index (χ2n) is 3.91. The van der Waals surface area contributed by atoms with Gasteiger partial charge in [0.2, 0.25) is 0 Å². The summed E-state index contributed by atoms with van der Waals surface area (Å²) in [6.45, 7) is 0. The number of phenolic OH excluding ortho intramolecular Hbond substituents is 1. The first-order valence-electron chi connectivity index (χ1n) is 5.67. The summed E-state index contributed by atoms with van der Waals surface area (Å²) in [5.74, 6) is 0.0402. The average molecular weight is 368 g/mol. The average Bonchev–Trinajstić information content (AvgIpc) is 2.48. The molecule has 0 amide bonds. The number of phenols is 1. The first-order chi connectivity index (χ1) is 10.0. The lowest BCUT2D eigenvalue weighted by molar-refractivity contribution is 0.374. The maximum atomic E-state index is 11.9. The fourth-order valence-corrected chi connectivity index (χ4v) is 2.57. The summed E-state index contributed by atoms with van der Waals surface area (Å²) in [6, 6.07) is 4.97. The van der Waals surface area contributed by atoms with Crippen LogP contribution in [0.5, 0.6) is 11.5 Å². The lowest BCUT2D eigenvalue weighted by Gasteiger charge is -2.11. The zero-order valence-corrected chi connectivity index (χ0v) is 13.5. The minimum Gasteiger partial charge on any atom is -0.504 e. The van der Waals surface area contributed by atoms with E-state index in [2.05, 4.69) is 25.9 Å². The van der Waals surface area contributed by atoms with Crippen LogP contribution in [0, 0.1) is 11.3 Å². The van der Waals surface area contributed by atoms with Crippen molar-refractivity contribution >= 4 is 27.7 Å². The molecule has 0 aliphatic carbocycles. The van der Waals surface area contributed by atoms with Gasteiger partial charge in [-0.05, 0) is 18.4 Å². The molecule has 2 aromatic rings. The third kappa shape index (κ3) is 2.89. The highest BCUT2D eigenvalue weighted by Crippen LogP contribution is 2.39. The number of nitriles is 1. The number of halogens is 1. The van der Waals surface area contributed by atoms with Gasteiger partial charge in [0.05, 0.1) is 7.11 Å². The standard InChI is InChI=1S/C13H10BrN3O3S/c1-20-9-4-6(14)3-7(11(9)18)10-8(5-15)12(19)17-13(16-10)21-2/h3-4,18H,1-2H3,(H,16,17,19). The molecule has 0 aliphatic rings. The molecular formula is C13H10BrN3O3S. The molecule has 8 heteroatoms. The van der Waals surface area contributed by atoms with Crippen molar-refractivity contribution < 1.29 is 9.84 Å². The van der Waals surface area contributed by atoms with E-state index in [1.165, 1.54) is 18.9 Å². The molecular weight excluding hydrogens is 358 g/mol. The fourth-order valence-electron chi connectivity index (χ4n) is 1.76.